The molecule has 2 heteroatoms. The first kappa shape index (κ1) is 11.1. The molecule has 2 aromatic carbocycles. The Bertz CT molecular complexity index is 607. The van der Waals surface area contributed by atoms with Crippen LogP contribution in [0.15, 0.2) is 60.7 Å². The molecular weight excluding hydrogens is 220 g/mol. The highest BCUT2D eigenvalue weighted by atomic mass is 14.7. The molecule has 18 heavy (non-hydrogen) atoms. The fraction of sp³-hybridized carbons (Fsp3) is 0.125. The Labute approximate surface area is 106 Å². The summed E-state index contributed by atoms with van der Waals surface area (Å²) in [5.74, 6) is 0.235. The third kappa shape index (κ3) is 1.91. The van der Waals surface area contributed by atoms with E-state index in [-0.39, 0.29) is 5.92 Å². The largest absolute Gasteiger partial charge is 0.358 e. The molecule has 0 bridgehead atoms. The van der Waals surface area contributed by atoms with Crippen LogP contribution in [-0.2, 0) is 0 Å². The van der Waals surface area contributed by atoms with Crippen LogP contribution in [0, 0.1) is 0 Å². The molecule has 90 valence electrons. The maximum absolute atomic E-state index is 5.94. The van der Waals surface area contributed by atoms with Gasteiger partial charge in [0, 0.05) is 23.7 Å². The maximum Gasteiger partial charge on any atom is 0.0456 e. The number of hydrogen-bond acceptors (Lipinski definition) is 1. The van der Waals surface area contributed by atoms with E-state index in [0.29, 0.717) is 6.54 Å². The number of aromatic nitrogens is 1. The van der Waals surface area contributed by atoms with Gasteiger partial charge in [-0.05, 0) is 23.1 Å². The summed E-state index contributed by atoms with van der Waals surface area (Å²) in [4.78, 5) is 3.47. The number of aromatic amines is 1. The van der Waals surface area contributed by atoms with Crippen LogP contribution in [0.2, 0.25) is 0 Å². The van der Waals surface area contributed by atoms with Crippen molar-refractivity contribution in [2.45, 2.75) is 5.92 Å². The monoisotopic (exact) mass is 236 g/mol. The third-order valence-corrected chi connectivity index (χ3v) is 3.36. The molecule has 0 saturated carbocycles. The molecule has 3 rings (SSSR count). The molecule has 0 amide bonds. The molecule has 0 aliphatic heterocycles. The van der Waals surface area contributed by atoms with E-state index < -0.39 is 0 Å². The zero-order valence-corrected chi connectivity index (χ0v) is 10.1. The molecule has 0 saturated heterocycles. The molecule has 0 spiro atoms. The summed E-state index contributed by atoms with van der Waals surface area (Å²) in [5.41, 5.74) is 9.55. The summed E-state index contributed by atoms with van der Waals surface area (Å²) in [7, 11) is 0. The summed E-state index contributed by atoms with van der Waals surface area (Å²) < 4.78 is 0. The summed E-state index contributed by atoms with van der Waals surface area (Å²) in [6.45, 7) is 0.608. The van der Waals surface area contributed by atoms with Gasteiger partial charge in [-0.3, -0.25) is 0 Å². The van der Waals surface area contributed by atoms with E-state index in [4.69, 9.17) is 5.73 Å². The Morgan fingerprint density at radius 1 is 0.944 bits per heavy atom. The van der Waals surface area contributed by atoms with E-state index in [2.05, 4.69) is 53.5 Å². The van der Waals surface area contributed by atoms with E-state index in [0.717, 1.165) is 0 Å². The molecule has 0 fully saturated rings. The van der Waals surface area contributed by atoms with Gasteiger partial charge in [-0.1, -0.05) is 48.5 Å². The minimum Gasteiger partial charge on any atom is -0.358 e. The Balaban J connectivity index is 2.06. The smallest absolute Gasteiger partial charge is 0.0456 e. The van der Waals surface area contributed by atoms with Gasteiger partial charge in [0.25, 0.3) is 0 Å². The van der Waals surface area contributed by atoms with Crippen LogP contribution in [0.4, 0.5) is 0 Å². The minimum absolute atomic E-state index is 0.235. The van der Waals surface area contributed by atoms with E-state index in [1.54, 1.807) is 0 Å². The van der Waals surface area contributed by atoms with Crippen molar-refractivity contribution in [1.82, 2.24) is 4.98 Å². The van der Waals surface area contributed by atoms with Gasteiger partial charge in [-0.15, -0.1) is 0 Å². The third-order valence-electron chi connectivity index (χ3n) is 3.36. The predicted octanol–water partition coefficient (Wildman–Crippen LogP) is 3.26. The second-order valence-corrected chi connectivity index (χ2v) is 4.51. The first-order valence-electron chi connectivity index (χ1n) is 6.21. The van der Waals surface area contributed by atoms with Crippen molar-refractivity contribution in [2.24, 2.45) is 5.73 Å². The Morgan fingerprint density at radius 3 is 2.39 bits per heavy atom. The molecule has 1 heterocycles. The van der Waals surface area contributed by atoms with Crippen LogP contribution in [0.25, 0.3) is 10.9 Å². The van der Waals surface area contributed by atoms with Crippen LogP contribution in [0.5, 0.6) is 0 Å². The molecule has 0 aliphatic rings. The Morgan fingerprint density at radius 2 is 1.67 bits per heavy atom. The number of nitrogens with two attached hydrogens (primary N) is 1. The lowest BCUT2D eigenvalue weighted by Crippen LogP contribution is -2.13. The summed E-state index contributed by atoms with van der Waals surface area (Å²) in [6, 6.07) is 20.9. The summed E-state index contributed by atoms with van der Waals surface area (Å²) >= 11 is 0. The quantitative estimate of drug-likeness (QED) is 0.720. The standard InChI is InChI=1S/C16H16N2/c17-11-14(12-6-2-1-3-7-12)16-10-13-8-4-5-9-15(13)18-16/h1-10,14,18H,11,17H2. The Kier molecular flexibility index (Phi) is 2.87. The second-order valence-electron chi connectivity index (χ2n) is 4.51. The van der Waals surface area contributed by atoms with E-state index >= 15 is 0 Å². The number of para-hydroxylation sites is 1. The average Bonchev–Trinajstić information content (AvgIpc) is 2.84. The lowest BCUT2D eigenvalue weighted by molar-refractivity contribution is 0.797. The molecule has 1 unspecified atom stereocenters. The molecule has 3 N–H and O–H groups in total. The zero-order valence-electron chi connectivity index (χ0n) is 10.1. The number of nitrogens with one attached hydrogen (secondary N) is 1. The van der Waals surface area contributed by atoms with Crippen molar-refractivity contribution in [3.8, 4) is 0 Å². The highest BCUT2D eigenvalue weighted by Crippen LogP contribution is 2.26. The van der Waals surface area contributed by atoms with Crippen molar-refractivity contribution in [1.29, 1.82) is 0 Å². The van der Waals surface area contributed by atoms with Crippen molar-refractivity contribution in [3.63, 3.8) is 0 Å². The molecule has 1 aromatic heterocycles. The van der Waals surface area contributed by atoms with E-state index in [1.165, 1.54) is 22.2 Å². The first-order chi connectivity index (χ1) is 8.88. The topological polar surface area (TPSA) is 41.8 Å². The fourth-order valence-electron chi connectivity index (χ4n) is 2.41. The summed E-state index contributed by atoms with van der Waals surface area (Å²) in [5, 5.41) is 1.24. The molecule has 0 aliphatic carbocycles. The highest BCUT2D eigenvalue weighted by molar-refractivity contribution is 5.80. The second kappa shape index (κ2) is 4.67. The Hall–Kier alpha value is -2.06. The maximum atomic E-state index is 5.94. The van der Waals surface area contributed by atoms with Gasteiger partial charge < -0.3 is 10.7 Å². The normalized spacial score (nSPS) is 12.7. The highest BCUT2D eigenvalue weighted by Gasteiger charge is 2.14. The molecule has 0 radical (unpaired) electrons. The van der Waals surface area contributed by atoms with Crippen molar-refractivity contribution < 1.29 is 0 Å². The predicted molar refractivity (Wildman–Crippen MR) is 75.6 cm³/mol. The van der Waals surface area contributed by atoms with Gasteiger partial charge in [0.05, 0.1) is 0 Å². The van der Waals surface area contributed by atoms with E-state index in [9.17, 15) is 0 Å². The molecule has 2 nitrogen and oxygen atoms in total. The van der Waals surface area contributed by atoms with Gasteiger partial charge in [0.1, 0.15) is 0 Å². The fourth-order valence-corrected chi connectivity index (χ4v) is 2.41. The van der Waals surface area contributed by atoms with Crippen molar-refractivity contribution in [3.05, 3.63) is 71.9 Å². The van der Waals surface area contributed by atoms with Gasteiger partial charge >= 0.3 is 0 Å². The lowest BCUT2D eigenvalue weighted by atomic mass is 9.96. The van der Waals surface area contributed by atoms with Gasteiger partial charge in [-0.2, -0.15) is 0 Å². The lowest BCUT2D eigenvalue weighted by Gasteiger charge is -2.13. The first-order valence-corrected chi connectivity index (χ1v) is 6.21. The zero-order chi connectivity index (χ0) is 12.4. The summed E-state index contributed by atoms with van der Waals surface area (Å²) in [6.07, 6.45) is 0. The number of H-pyrrole nitrogens is 1. The molecular formula is C16H16N2. The van der Waals surface area contributed by atoms with Crippen molar-refractivity contribution >= 4 is 10.9 Å². The minimum atomic E-state index is 0.235. The number of hydrogen-bond donors (Lipinski definition) is 2. The molecule has 3 aromatic rings. The number of rotatable bonds is 3. The average molecular weight is 236 g/mol. The van der Waals surface area contributed by atoms with E-state index in [1.807, 2.05) is 12.1 Å². The van der Waals surface area contributed by atoms with Crippen LogP contribution >= 0.6 is 0 Å². The van der Waals surface area contributed by atoms with Gasteiger partial charge in [0.15, 0.2) is 0 Å². The van der Waals surface area contributed by atoms with Crippen molar-refractivity contribution in [2.75, 3.05) is 6.54 Å². The van der Waals surface area contributed by atoms with Crippen LogP contribution < -0.4 is 5.73 Å². The van der Waals surface area contributed by atoms with Crippen LogP contribution in [-0.4, -0.2) is 11.5 Å². The SMILES string of the molecule is NCC(c1ccccc1)c1cc2ccccc2[nH]1. The number of benzene rings is 2. The van der Waals surface area contributed by atoms with Gasteiger partial charge in [0.2, 0.25) is 0 Å². The number of fused-ring (bicyclic) bond motifs is 1. The van der Waals surface area contributed by atoms with Crippen LogP contribution in [0.1, 0.15) is 17.2 Å². The van der Waals surface area contributed by atoms with Gasteiger partial charge in [-0.25, -0.2) is 0 Å². The molecule has 1 atom stereocenters. The van der Waals surface area contributed by atoms with Crippen LogP contribution in [0.3, 0.4) is 0 Å².